The number of pyridine rings is 1. The average Bonchev–Trinajstić information content (AvgIpc) is 2.60. The number of nitrogens with two attached hydrogens (primary N) is 1. The third-order valence-corrected chi connectivity index (χ3v) is 5.36. The third kappa shape index (κ3) is 2.81. The number of primary amides is 1. The molecule has 0 saturated heterocycles. The van der Waals surface area contributed by atoms with Crippen molar-refractivity contribution < 1.29 is 17.9 Å². The number of hydrogen-bond acceptors (Lipinski definition) is 5. The molecule has 3 aromatic rings. The highest BCUT2D eigenvalue weighted by atomic mass is 32.2. The van der Waals surface area contributed by atoms with Gasteiger partial charge in [0.05, 0.1) is 22.4 Å². The molecule has 122 valence electrons. The zero-order valence-corrected chi connectivity index (χ0v) is 13.6. The highest BCUT2D eigenvalue weighted by Crippen LogP contribution is 2.25. The first kappa shape index (κ1) is 15.9. The monoisotopic (exact) mass is 342 g/mol. The van der Waals surface area contributed by atoms with E-state index in [-0.39, 0.29) is 9.79 Å². The van der Waals surface area contributed by atoms with Gasteiger partial charge in [0, 0.05) is 17.1 Å². The molecule has 0 unspecified atom stereocenters. The second kappa shape index (κ2) is 5.93. The summed E-state index contributed by atoms with van der Waals surface area (Å²) in [5, 5.41) is 0.529. The molecule has 0 fully saturated rings. The Balaban J connectivity index is 2.11. The highest BCUT2D eigenvalue weighted by molar-refractivity contribution is 7.91. The minimum Gasteiger partial charge on any atom is -0.497 e. The van der Waals surface area contributed by atoms with Gasteiger partial charge in [-0.3, -0.25) is 9.78 Å². The van der Waals surface area contributed by atoms with E-state index in [4.69, 9.17) is 10.5 Å². The number of benzene rings is 2. The number of carbonyl (C=O) groups excluding carboxylic acids is 1. The van der Waals surface area contributed by atoms with Gasteiger partial charge in [-0.25, -0.2) is 8.42 Å². The van der Waals surface area contributed by atoms with Crippen LogP contribution >= 0.6 is 0 Å². The van der Waals surface area contributed by atoms with E-state index in [1.165, 1.54) is 37.6 Å². The summed E-state index contributed by atoms with van der Waals surface area (Å²) in [4.78, 5) is 15.6. The molecule has 3 rings (SSSR count). The van der Waals surface area contributed by atoms with Crippen LogP contribution in [-0.2, 0) is 9.84 Å². The Labute approximate surface area is 138 Å². The summed E-state index contributed by atoms with van der Waals surface area (Å²) in [7, 11) is -2.22. The number of ether oxygens (including phenoxy) is 1. The number of methoxy groups -OCH3 is 1. The van der Waals surface area contributed by atoms with Gasteiger partial charge in [0.15, 0.2) is 0 Å². The lowest BCUT2D eigenvalue weighted by Gasteiger charge is -2.07. The van der Waals surface area contributed by atoms with Crippen molar-refractivity contribution in [1.82, 2.24) is 4.98 Å². The van der Waals surface area contributed by atoms with Crippen molar-refractivity contribution in [1.29, 1.82) is 0 Å². The van der Waals surface area contributed by atoms with E-state index in [0.29, 0.717) is 22.2 Å². The standard InChI is InChI=1S/C17H14N2O4S/c1-23-13-3-5-14(6-4-13)24(21,22)15-9-12-8-11(17(18)20)2-7-16(12)19-10-15/h2-10H,1H3,(H2,18,20). The molecule has 0 spiro atoms. The van der Waals surface area contributed by atoms with Crippen molar-refractivity contribution in [2.75, 3.05) is 7.11 Å². The number of fused-ring (bicyclic) bond motifs is 1. The van der Waals surface area contributed by atoms with Gasteiger partial charge in [-0.2, -0.15) is 0 Å². The Morgan fingerprint density at radius 3 is 2.38 bits per heavy atom. The van der Waals surface area contributed by atoms with Gasteiger partial charge in [-0.05, 0) is 48.5 Å². The fraction of sp³-hybridized carbons (Fsp3) is 0.0588. The predicted molar refractivity (Wildman–Crippen MR) is 88.7 cm³/mol. The summed E-state index contributed by atoms with van der Waals surface area (Å²) >= 11 is 0. The van der Waals surface area contributed by atoms with Gasteiger partial charge >= 0.3 is 0 Å². The highest BCUT2D eigenvalue weighted by Gasteiger charge is 2.19. The van der Waals surface area contributed by atoms with Gasteiger partial charge in [-0.15, -0.1) is 0 Å². The molecular formula is C17H14N2O4S. The fourth-order valence-electron chi connectivity index (χ4n) is 2.30. The van der Waals surface area contributed by atoms with Crippen LogP contribution in [0.25, 0.3) is 10.9 Å². The second-order valence-corrected chi connectivity index (χ2v) is 7.07. The molecule has 0 saturated carbocycles. The number of hydrogen-bond donors (Lipinski definition) is 1. The first-order valence-electron chi connectivity index (χ1n) is 7.00. The van der Waals surface area contributed by atoms with Crippen molar-refractivity contribution in [3.05, 3.63) is 60.3 Å². The first-order chi connectivity index (χ1) is 11.4. The van der Waals surface area contributed by atoms with Gasteiger partial charge < -0.3 is 10.5 Å². The van der Waals surface area contributed by atoms with Crippen LogP contribution in [0.4, 0.5) is 0 Å². The zero-order valence-electron chi connectivity index (χ0n) is 12.8. The van der Waals surface area contributed by atoms with E-state index >= 15 is 0 Å². The predicted octanol–water partition coefficient (Wildman–Crippen LogP) is 2.18. The molecule has 1 aromatic heterocycles. The minimum absolute atomic E-state index is 0.0433. The molecule has 1 amide bonds. The molecule has 0 bridgehead atoms. The SMILES string of the molecule is COc1ccc(S(=O)(=O)c2cnc3ccc(C(N)=O)cc3c2)cc1. The molecule has 7 heteroatoms. The maximum absolute atomic E-state index is 12.7. The summed E-state index contributed by atoms with van der Waals surface area (Å²) in [6, 6.07) is 12.3. The van der Waals surface area contributed by atoms with Crippen LogP contribution in [0.3, 0.4) is 0 Å². The molecule has 0 aliphatic heterocycles. The molecule has 2 aromatic carbocycles. The Hall–Kier alpha value is -2.93. The summed E-state index contributed by atoms with van der Waals surface area (Å²) in [6.45, 7) is 0. The van der Waals surface area contributed by atoms with E-state index in [9.17, 15) is 13.2 Å². The van der Waals surface area contributed by atoms with Crippen molar-refractivity contribution in [2.24, 2.45) is 5.73 Å². The lowest BCUT2D eigenvalue weighted by molar-refractivity contribution is 0.100. The number of rotatable bonds is 4. The lowest BCUT2D eigenvalue weighted by atomic mass is 10.1. The van der Waals surface area contributed by atoms with E-state index in [0.717, 1.165) is 0 Å². The molecule has 2 N–H and O–H groups in total. The normalized spacial score (nSPS) is 11.4. The quantitative estimate of drug-likeness (QED) is 0.783. The third-order valence-electron chi connectivity index (χ3n) is 3.62. The number of aromatic nitrogens is 1. The van der Waals surface area contributed by atoms with Crippen LogP contribution < -0.4 is 10.5 Å². The summed E-state index contributed by atoms with van der Waals surface area (Å²) in [5.74, 6) is -0.0167. The average molecular weight is 342 g/mol. The maximum atomic E-state index is 12.7. The van der Waals surface area contributed by atoms with Crippen LogP contribution in [0.1, 0.15) is 10.4 Å². The van der Waals surface area contributed by atoms with Crippen LogP contribution in [0.5, 0.6) is 5.75 Å². The maximum Gasteiger partial charge on any atom is 0.248 e. The Kier molecular flexibility index (Phi) is 3.94. The van der Waals surface area contributed by atoms with Gasteiger partial charge in [0.2, 0.25) is 15.7 Å². The van der Waals surface area contributed by atoms with Crippen molar-refractivity contribution in [2.45, 2.75) is 9.79 Å². The minimum atomic E-state index is -3.72. The van der Waals surface area contributed by atoms with Crippen LogP contribution in [0, 0.1) is 0 Å². The second-order valence-electron chi connectivity index (χ2n) is 5.12. The number of sulfone groups is 1. The molecule has 24 heavy (non-hydrogen) atoms. The van der Waals surface area contributed by atoms with Gasteiger partial charge in [0.25, 0.3) is 0 Å². The van der Waals surface area contributed by atoms with E-state index in [1.54, 1.807) is 24.3 Å². The number of carbonyl (C=O) groups is 1. The molecule has 0 aliphatic carbocycles. The van der Waals surface area contributed by atoms with E-state index < -0.39 is 15.7 Å². The van der Waals surface area contributed by atoms with Gasteiger partial charge in [0.1, 0.15) is 5.75 Å². The molecule has 0 atom stereocenters. The largest absolute Gasteiger partial charge is 0.497 e. The molecule has 0 radical (unpaired) electrons. The molecule has 0 aliphatic rings. The van der Waals surface area contributed by atoms with Gasteiger partial charge in [-0.1, -0.05) is 0 Å². The molecule has 6 nitrogen and oxygen atoms in total. The summed E-state index contributed by atoms with van der Waals surface area (Å²) in [6.07, 6.45) is 1.30. The van der Waals surface area contributed by atoms with Crippen LogP contribution in [-0.4, -0.2) is 26.4 Å². The smallest absolute Gasteiger partial charge is 0.248 e. The number of nitrogens with zero attached hydrogens (tertiary/aromatic N) is 1. The fourth-order valence-corrected chi connectivity index (χ4v) is 3.54. The summed E-state index contributed by atoms with van der Waals surface area (Å²) in [5.41, 5.74) is 6.13. The Morgan fingerprint density at radius 2 is 1.75 bits per heavy atom. The Morgan fingerprint density at radius 1 is 1.04 bits per heavy atom. The van der Waals surface area contributed by atoms with Crippen LogP contribution in [0.15, 0.2) is 64.5 Å². The van der Waals surface area contributed by atoms with Crippen molar-refractivity contribution >= 4 is 26.6 Å². The van der Waals surface area contributed by atoms with Crippen molar-refractivity contribution in [3.8, 4) is 5.75 Å². The zero-order chi connectivity index (χ0) is 17.3. The summed E-state index contributed by atoms with van der Waals surface area (Å²) < 4.78 is 30.5. The van der Waals surface area contributed by atoms with E-state index in [2.05, 4.69) is 4.98 Å². The van der Waals surface area contributed by atoms with Crippen molar-refractivity contribution in [3.63, 3.8) is 0 Å². The van der Waals surface area contributed by atoms with E-state index in [1.807, 2.05) is 0 Å². The lowest BCUT2D eigenvalue weighted by Crippen LogP contribution is -2.10. The Bertz CT molecular complexity index is 1030. The topological polar surface area (TPSA) is 99.3 Å². The molecule has 1 heterocycles. The molecular weight excluding hydrogens is 328 g/mol. The first-order valence-corrected chi connectivity index (χ1v) is 8.49. The van der Waals surface area contributed by atoms with Crippen LogP contribution in [0.2, 0.25) is 0 Å². The number of amides is 1.